The lowest BCUT2D eigenvalue weighted by atomic mass is 9.72. The second kappa shape index (κ2) is 1.71. The van der Waals surface area contributed by atoms with Crippen molar-refractivity contribution in [1.29, 1.82) is 0 Å². The summed E-state index contributed by atoms with van der Waals surface area (Å²) in [5.41, 5.74) is 0.624. The molecule has 0 aromatic rings. The van der Waals surface area contributed by atoms with Gasteiger partial charge in [-0.3, -0.25) is 0 Å². The van der Waals surface area contributed by atoms with Gasteiger partial charge in [-0.15, -0.1) is 0 Å². The molecule has 1 heteroatoms. The Hall–Kier alpha value is -0.300. The maximum absolute atomic E-state index is 3.53. The van der Waals surface area contributed by atoms with Crippen LogP contribution >= 0.6 is 0 Å². The molecule has 0 spiro atoms. The Morgan fingerprint density at radius 3 is 3.18 bits per heavy atom. The Balaban J connectivity index is 2.06. The van der Waals surface area contributed by atoms with Gasteiger partial charge >= 0.3 is 0 Å². The predicted octanol–water partition coefficient (Wildman–Crippen LogP) is 1.42. The molecule has 1 saturated carbocycles. The van der Waals surface area contributed by atoms with Gasteiger partial charge in [0, 0.05) is 6.54 Å². The molecule has 1 nitrogen and oxygen atoms in total. The van der Waals surface area contributed by atoms with E-state index in [0.29, 0.717) is 5.41 Å². The zero-order chi connectivity index (χ0) is 7.47. The summed E-state index contributed by atoms with van der Waals surface area (Å²) in [6.45, 7) is 4.98. The first-order valence-corrected chi connectivity index (χ1v) is 4.70. The second-order valence-corrected chi connectivity index (χ2v) is 4.63. The summed E-state index contributed by atoms with van der Waals surface area (Å²) < 4.78 is 0. The maximum Gasteiger partial charge on any atom is 0.00143 e. The summed E-state index contributed by atoms with van der Waals surface area (Å²) in [7, 11) is 0. The number of nitrogens with one attached hydrogen (secondary N) is 1. The van der Waals surface area contributed by atoms with Crippen molar-refractivity contribution in [2.75, 3.05) is 13.1 Å². The van der Waals surface area contributed by atoms with E-state index in [1.807, 2.05) is 0 Å². The van der Waals surface area contributed by atoms with Crippen LogP contribution in [-0.4, -0.2) is 13.1 Å². The number of hydrogen-bond acceptors (Lipinski definition) is 1. The van der Waals surface area contributed by atoms with E-state index < -0.39 is 0 Å². The third-order valence-electron chi connectivity index (χ3n) is 4.20. The van der Waals surface area contributed by atoms with Crippen molar-refractivity contribution in [3.63, 3.8) is 0 Å². The summed E-state index contributed by atoms with van der Waals surface area (Å²) >= 11 is 0. The van der Waals surface area contributed by atoms with Gasteiger partial charge in [0.1, 0.15) is 0 Å². The SMILES string of the molecule is C[C@@]12CNCC1[C@@H]1C=C[C@H]2C1. The highest BCUT2D eigenvalue weighted by molar-refractivity contribution is 5.20. The Morgan fingerprint density at radius 1 is 1.45 bits per heavy atom. The topological polar surface area (TPSA) is 12.0 Å². The normalized spacial score (nSPS) is 58.8. The highest BCUT2D eigenvalue weighted by atomic mass is 15.0. The fraction of sp³-hybridized carbons (Fsp3) is 0.800. The largest absolute Gasteiger partial charge is 0.316 e. The molecule has 2 aliphatic carbocycles. The van der Waals surface area contributed by atoms with Gasteiger partial charge in [0.25, 0.3) is 0 Å². The molecule has 1 saturated heterocycles. The zero-order valence-electron chi connectivity index (χ0n) is 7.01. The van der Waals surface area contributed by atoms with Crippen LogP contribution in [0.2, 0.25) is 0 Å². The molecular formula is C10H15N. The van der Waals surface area contributed by atoms with Gasteiger partial charge in [0.15, 0.2) is 0 Å². The fourth-order valence-electron chi connectivity index (χ4n) is 3.42. The molecule has 0 radical (unpaired) electrons. The average Bonchev–Trinajstić information content (AvgIpc) is 2.54. The number of fused-ring (bicyclic) bond motifs is 5. The minimum atomic E-state index is 0.624. The van der Waals surface area contributed by atoms with Gasteiger partial charge in [-0.25, -0.2) is 0 Å². The molecule has 3 rings (SSSR count). The lowest BCUT2D eigenvalue weighted by Crippen LogP contribution is -2.30. The quantitative estimate of drug-likeness (QED) is 0.514. The Morgan fingerprint density at radius 2 is 2.36 bits per heavy atom. The Labute approximate surface area is 67.9 Å². The highest BCUT2D eigenvalue weighted by Crippen LogP contribution is 2.57. The van der Waals surface area contributed by atoms with E-state index in [9.17, 15) is 0 Å². The minimum absolute atomic E-state index is 0.624. The van der Waals surface area contributed by atoms with Crippen molar-refractivity contribution in [2.24, 2.45) is 23.2 Å². The fourth-order valence-corrected chi connectivity index (χ4v) is 3.42. The van der Waals surface area contributed by atoms with Gasteiger partial charge in [-0.2, -0.15) is 0 Å². The van der Waals surface area contributed by atoms with Crippen LogP contribution in [0.5, 0.6) is 0 Å². The molecule has 2 fully saturated rings. The molecule has 1 aliphatic heterocycles. The van der Waals surface area contributed by atoms with Crippen LogP contribution < -0.4 is 5.32 Å². The van der Waals surface area contributed by atoms with Crippen LogP contribution in [0.15, 0.2) is 12.2 Å². The molecule has 11 heavy (non-hydrogen) atoms. The first-order valence-electron chi connectivity index (χ1n) is 4.70. The van der Waals surface area contributed by atoms with Gasteiger partial charge in [-0.1, -0.05) is 19.1 Å². The van der Waals surface area contributed by atoms with Crippen LogP contribution in [0.25, 0.3) is 0 Å². The third kappa shape index (κ3) is 0.572. The van der Waals surface area contributed by atoms with Crippen LogP contribution in [-0.2, 0) is 0 Å². The highest BCUT2D eigenvalue weighted by Gasteiger charge is 2.54. The maximum atomic E-state index is 3.53. The number of rotatable bonds is 0. The van der Waals surface area contributed by atoms with Gasteiger partial charge in [0.2, 0.25) is 0 Å². The first kappa shape index (κ1) is 6.24. The molecule has 2 bridgehead atoms. The van der Waals surface area contributed by atoms with E-state index in [4.69, 9.17) is 0 Å². The van der Waals surface area contributed by atoms with Crippen molar-refractivity contribution in [3.8, 4) is 0 Å². The molecule has 1 heterocycles. The van der Waals surface area contributed by atoms with Crippen molar-refractivity contribution >= 4 is 0 Å². The van der Waals surface area contributed by atoms with E-state index >= 15 is 0 Å². The predicted molar refractivity (Wildman–Crippen MR) is 45.2 cm³/mol. The molecular weight excluding hydrogens is 134 g/mol. The van der Waals surface area contributed by atoms with E-state index in [2.05, 4.69) is 24.4 Å². The molecule has 1 N–H and O–H groups in total. The van der Waals surface area contributed by atoms with Crippen molar-refractivity contribution in [3.05, 3.63) is 12.2 Å². The summed E-state index contributed by atoms with van der Waals surface area (Å²) in [6.07, 6.45) is 6.35. The summed E-state index contributed by atoms with van der Waals surface area (Å²) in [5.74, 6) is 2.77. The molecule has 3 aliphatic rings. The van der Waals surface area contributed by atoms with E-state index in [0.717, 1.165) is 17.8 Å². The minimum Gasteiger partial charge on any atom is -0.316 e. The molecule has 1 unspecified atom stereocenters. The molecule has 60 valence electrons. The molecule has 0 aromatic heterocycles. The van der Waals surface area contributed by atoms with E-state index in [1.54, 1.807) is 0 Å². The Bertz CT molecular complexity index is 221. The lowest BCUT2D eigenvalue weighted by molar-refractivity contribution is 0.232. The first-order chi connectivity index (χ1) is 5.31. The van der Waals surface area contributed by atoms with Gasteiger partial charge in [-0.05, 0) is 36.1 Å². The molecule has 0 aromatic carbocycles. The standard InChI is InChI=1S/C10H15N/c1-10-6-11-5-9(10)7-2-3-8(10)4-7/h2-3,7-9,11H,4-6H2,1H3/t7-,8+,9?,10+/m1/s1. The van der Waals surface area contributed by atoms with Crippen molar-refractivity contribution in [2.45, 2.75) is 13.3 Å². The van der Waals surface area contributed by atoms with E-state index in [1.165, 1.54) is 19.5 Å². The summed E-state index contributed by atoms with van der Waals surface area (Å²) in [4.78, 5) is 0. The second-order valence-electron chi connectivity index (χ2n) is 4.63. The van der Waals surface area contributed by atoms with Crippen molar-refractivity contribution in [1.82, 2.24) is 5.32 Å². The lowest BCUT2D eigenvalue weighted by Gasteiger charge is -2.31. The van der Waals surface area contributed by atoms with Crippen LogP contribution in [0.1, 0.15) is 13.3 Å². The zero-order valence-corrected chi connectivity index (χ0v) is 7.01. The smallest absolute Gasteiger partial charge is 0.00143 e. The average molecular weight is 149 g/mol. The summed E-state index contributed by atoms with van der Waals surface area (Å²) in [6, 6.07) is 0. The molecule has 0 amide bonds. The van der Waals surface area contributed by atoms with Gasteiger partial charge in [0.05, 0.1) is 0 Å². The van der Waals surface area contributed by atoms with E-state index in [-0.39, 0.29) is 0 Å². The molecule has 4 atom stereocenters. The van der Waals surface area contributed by atoms with Crippen LogP contribution in [0.3, 0.4) is 0 Å². The monoisotopic (exact) mass is 149 g/mol. The summed E-state index contributed by atoms with van der Waals surface area (Å²) in [5, 5.41) is 3.53. The van der Waals surface area contributed by atoms with Crippen molar-refractivity contribution < 1.29 is 0 Å². The van der Waals surface area contributed by atoms with Crippen LogP contribution in [0.4, 0.5) is 0 Å². The van der Waals surface area contributed by atoms with Crippen LogP contribution in [0, 0.1) is 23.2 Å². The number of hydrogen-bond donors (Lipinski definition) is 1. The van der Waals surface area contributed by atoms with Gasteiger partial charge < -0.3 is 5.32 Å². The Kier molecular flexibility index (Phi) is 0.972. The number of allylic oxidation sites excluding steroid dienone is 2. The third-order valence-corrected chi connectivity index (χ3v) is 4.20.